The Balaban J connectivity index is 3.83. The van der Waals surface area contributed by atoms with E-state index in [1.54, 1.807) is 0 Å². The Morgan fingerprint density at radius 1 is 0.808 bits per heavy atom. The molecule has 0 saturated carbocycles. The van der Waals surface area contributed by atoms with Crippen molar-refractivity contribution in [2.24, 2.45) is 0 Å². The molecule has 0 amide bonds. The molecule has 0 radical (unpaired) electrons. The molecule has 0 aromatic carbocycles. The van der Waals surface area contributed by atoms with E-state index in [4.69, 9.17) is 14.3 Å². The number of thioether (sulfide) groups is 2. The fourth-order valence-corrected chi connectivity index (χ4v) is 5.61. The molecule has 0 rings (SSSR count). The molecule has 0 spiro atoms. The van der Waals surface area contributed by atoms with Crippen LogP contribution in [0.2, 0.25) is 0 Å². The summed E-state index contributed by atoms with van der Waals surface area (Å²) in [6.07, 6.45) is 15.5. The SMILES string of the molecule is CCCCCCCCSCC(COP(=O)(O)O)SCCCCCCCC. The van der Waals surface area contributed by atoms with Crippen LogP contribution in [0, 0.1) is 0 Å². The predicted octanol–water partition coefficient (Wildman–Crippen LogP) is 6.65. The van der Waals surface area contributed by atoms with Crippen molar-refractivity contribution < 1.29 is 18.9 Å². The molecule has 158 valence electrons. The summed E-state index contributed by atoms with van der Waals surface area (Å²) in [7, 11) is -4.36. The van der Waals surface area contributed by atoms with Crippen LogP contribution in [0.4, 0.5) is 0 Å². The molecular formula is C19H41O4PS2. The molecule has 0 aliphatic heterocycles. The first-order chi connectivity index (χ1) is 12.5. The fraction of sp³-hybridized carbons (Fsp3) is 1.00. The van der Waals surface area contributed by atoms with Gasteiger partial charge in [0.05, 0.1) is 6.61 Å². The zero-order chi connectivity index (χ0) is 19.5. The maximum Gasteiger partial charge on any atom is 0.469 e. The second-order valence-corrected chi connectivity index (χ2v) is 10.7. The molecule has 4 nitrogen and oxygen atoms in total. The Morgan fingerprint density at radius 3 is 1.85 bits per heavy atom. The van der Waals surface area contributed by atoms with Gasteiger partial charge >= 0.3 is 7.82 Å². The molecule has 2 N–H and O–H groups in total. The first-order valence-corrected chi connectivity index (χ1v) is 14.1. The molecular weight excluding hydrogens is 387 g/mol. The quantitative estimate of drug-likeness (QED) is 0.167. The van der Waals surface area contributed by atoms with E-state index in [-0.39, 0.29) is 11.9 Å². The Kier molecular flexibility index (Phi) is 19.7. The summed E-state index contributed by atoms with van der Waals surface area (Å²) in [5, 5.41) is 0.170. The van der Waals surface area contributed by atoms with Crippen molar-refractivity contribution >= 4 is 31.3 Å². The summed E-state index contributed by atoms with van der Waals surface area (Å²) in [6.45, 7) is 4.61. The van der Waals surface area contributed by atoms with Gasteiger partial charge in [0, 0.05) is 11.0 Å². The van der Waals surface area contributed by atoms with Crippen LogP contribution in [0.1, 0.15) is 90.9 Å². The van der Waals surface area contributed by atoms with E-state index in [0.717, 1.165) is 17.3 Å². The van der Waals surface area contributed by atoms with E-state index in [9.17, 15) is 4.57 Å². The molecule has 7 heteroatoms. The van der Waals surface area contributed by atoms with E-state index < -0.39 is 7.82 Å². The third-order valence-electron chi connectivity index (χ3n) is 4.23. The van der Waals surface area contributed by atoms with E-state index in [0.29, 0.717) is 0 Å². The first-order valence-electron chi connectivity index (χ1n) is 10.4. The lowest BCUT2D eigenvalue weighted by molar-refractivity contribution is 0.200. The average molecular weight is 429 g/mol. The lowest BCUT2D eigenvalue weighted by Gasteiger charge is -2.17. The summed E-state index contributed by atoms with van der Waals surface area (Å²) >= 11 is 3.71. The van der Waals surface area contributed by atoms with Gasteiger partial charge in [0.15, 0.2) is 0 Å². The highest BCUT2D eigenvalue weighted by Crippen LogP contribution is 2.37. The van der Waals surface area contributed by atoms with Crippen LogP contribution in [0.3, 0.4) is 0 Å². The lowest BCUT2D eigenvalue weighted by atomic mass is 10.1. The standard InChI is InChI=1S/C19H41O4PS2/c1-3-5-7-9-11-13-15-25-18-19(17-23-24(20,21)22)26-16-14-12-10-8-6-4-2/h19H,3-18H2,1-2H3,(H2,20,21,22). The van der Waals surface area contributed by atoms with Crippen LogP contribution in [-0.2, 0) is 9.09 Å². The summed E-state index contributed by atoms with van der Waals surface area (Å²) in [4.78, 5) is 17.9. The number of hydrogen-bond acceptors (Lipinski definition) is 4. The summed E-state index contributed by atoms with van der Waals surface area (Å²) in [5.41, 5.74) is 0. The second-order valence-electron chi connectivity index (χ2n) is 6.89. The molecule has 0 heterocycles. The third kappa shape index (κ3) is 21.1. The molecule has 1 unspecified atom stereocenters. The smallest absolute Gasteiger partial charge is 0.303 e. The topological polar surface area (TPSA) is 66.8 Å². The van der Waals surface area contributed by atoms with Crippen molar-refractivity contribution in [2.45, 2.75) is 96.1 Å². The average Bonchev–Trinajstić information content (AvgIpc) is 2.59. The highest BCUT2D eigenvalue weighted by Gasteiger charge is 2.18. The molecule has 0 fully saturated rings. The maximum atomic E-state index is 11.0. The monoisotopic (exact) mass is 428 g/mol. The summed E-state index contributed by atoms with van der Waals surface area (Å²) in [5.74, 6) is 3.10. The molecule has 0 bridgehead atoms. The van der Waals surface area contributed by atoms with Gasteiger partial charge < -0.3 is 9.79 Å². The number of phosphoric ester groups is 1. The Morgan fingerprint density at radius 2 is 1.31 bits per heavy atom. The van der Waals surface area contributed by atoms with Crippen molar-refractivity contribution in [1.82, 2.24) is 0 Å². The van der Waals surface area contributed by atoms with Crippen molar-refractivity contribution in [3.8, 4) is 0 Å². The largest absolute Gasteiger partial charge is 0.469 e. The van der Waals surface area contributed by atoms with Gasteiger partial charge in [-0.2, -0.15) is 23.5 Å². The minimum Gasteiger partial charge on any atom is -0.303 e. The molecule has 0 aliphatic rings. The molecule has 1 atom stereocenters. The highest BCUT2D eigenvalue weighted by molar-refractivity contribution is 8.03. The van der Waals surface area contributed by atoms with Gasteiger partial charge in [-0.15, -0.1) is 0 Å². The Hall–Kier alpha value is 0.810. The van der Waals surface area contributed by atoms with Crippen LogP contribution in [0.5, 0.6) is 0 Å². The van der Waals surface area contributed by atoms with Crippen molar-refractivity contribution in [3.63, 3.8) is 0 Å². The van der Waals surface area contributed by atoms with E-state index in [1.165, 1.54) is 77.0 Å². The van der Waals surface area contributed by atoms with Gasteiger partial charge in [-0.3, -0.25) is 4.52 Å². The van der Waals surface area contributed by atoms with Gasteiger partial charge in [0.25, 0.3) is 0 Å². The number of rotatable bonds is 20. The zero-order valence-electron chi connectivity index (χ0n) is 16.9. The normalized spacial score (nSPS) is 13.2. The Labute approximate surface area is 170 Å². The predicted molar refractivity (Wildman–Crippen MR) is 118 cm³/mol. The minimum absolute atomic E-state index is 0.147. The van der Waals surface area contributed by atoms with Crippen LogP contribution >= 0.6 is 31.3 Å². The lowest BCUT2D eigenvalue weighted by Crippen LogP contribution is -2.15. The summed E-state index contributed by atoms with van der Waals surface area (Å²) in [6, 6.07) is 0. The molecule has 0 aromatic rings. The molecule has 0 aromatic heterocycles. The third-order valence-corrected chi connectivity index (χ3v) is 7.44. The van der Waals surface area contributed by atoms with Gasteiger partial charge in [-0.1, -0.05) is 78.1 Å². The van der Waals surface area contributed by atoms with Crippen LogP contribution in [0.25, 0.3) is 0 Å². The Bertz CT molecular complexity index is 340. The van der Waals surface area contributed by atoms with Gasteiger partial charge in [-0.05, 0) is 24.3 Å². The minimum atomic E-state index is -4.36. The summed E-state index contributed by atoms with van der Waals surface area (Å²) < 4.78 is 15.7. The van der Waals surface area contributed by atoms with Crippen molar-refractivity contribution in [3.05, 3.63) is 0 Å². The molecule has 26 heavy (non-hydrogen) atoms. The van der Waals surface area contributed by atoms with Crippen LogP contribution in [0.15, 0.2) is 0 Å². The van der Waals surface area contributed by atoms with E-state index in [2.05, 4.69) is 13.8 Å². The van der Waals surface area contributed by atoms with Crippen molar-refractivity contribution in [1.29, 1.82) is 0 Å². The number of unbranched alkanes of at least 4 members (excludes halogenated alkanes) is 10. The zero-order valence-corrected chi connectivity index (χ0v) is 19.4. The van der Waals surface area contributed by atoms with E-state index >= 15 is 0 Å². The van der Waals surface area contributed by atoms with E-state index in [1.807, 2.05) is 23.5 Å². The van der Waals surface area contributed by atoms with Crippen molar-refractivity contribution in [2.75, 3.05) is 23.9 Å². The van der Waals surface area contributed by atoms with Gasteiger partial charge in [-0.25, -0.2) is 4.57 Å². The molecule has 0 aliphatic carbocycles. The fourth-order valence-electron chi connectivity index (χ4n) is 2.66. The number of phosphoric acid groups is 1. The number of hydrogen-bond donors (Lipinski definition) is 2. The van der Waals surface area contributed by atoms with Crippen LogP contribution < -0.4 is 0 Å². The van der Waals surface area contributed by atoms with Gasteiger partial charge in [0.1, 0.15) is 0 Å². The van der Waals surface area contributed by atoms with Crippen LogP contribution in [-0.4, -0.2) is 38.9 Å². The maximum absolute atomic E-state index is 11.0. The first kappa shape index (κ1) is 26.8. The second kappa shape index (κ2) is 19.1. The molecule has 0 saturated heterocycles. The van der Waals surface area contributed by atoms with Gasteiger partial charge in [0.2, 0.25) is 0 Å². The highest BCUT2D eigenvalue weighted by atomic mass is 32.2.